The van der Waals surface area contributed by atoms with Crippen molar-refractivity contribution in [1.29, 1.82) is 5.26 Å². The van der Waals surface area contributed by atoms with Crippen LogP contribution in [0.25, 0.3) is 0 Å². The van der Waals surface area contributed by atoms with Gasteiger partial charge in [0.05, 0.1) is 6.07 Å². The first-order valence-corrected chi connectivity index (χ1v) is 6.48. The second-order valence-corrected chi connectivity index (χ2v) is 5.12. The molecule has 0 bridgehead atoms. The summed E-state index contributed by atoms with van der Waals surface area (Å²) >= 11 is 5.80. The van der Waals surface area contributed by atoms with Crippen molar-refractivity contribution in [3.63, 3.8) is 0 Å². The van der Waals surface area contributed by atoms with E-state index >= 15 is 0 Å². The van der Waals surface area contributed by atoms with E-state index in [1.807, 2.05) is 24.3 Å². The van der Waals surface area contributed by atoms with Crippen LogP contribution in [0.4, 0.5) is 0 Å². The van der Waals surface area contributed by atoms with Gasteiger partial charge in [-0.25, -0.2) is 0 Å². The van der Waals surface area contributed by atoms with Crippen LogP contribution in [0.15, 0.2) is 24.3 Å². The van der Waals surface area contributed by atoms with Gasteiger partial charge in [0.25, 0.3) is 0 Å². The molecule has 1 fully saturated rings. The van der Waals surface area contributed by atoms with E-state index in [0.29, 0.717) is 24.4 Å². The fourth-order valence-electron chi connectivity index (χ4n) is 2.06. The van der Waals surface area contributed by atoms with E-state index in [0.717, 1.165) is 18.4 Å². The monoisotopic (exact) mass is 262 g/mol. The van der Waals surface area contributed by atoms with Gasteiger partial charge in [0.15, 0.2) is 0 Å². The van der Waals surface area contributed by atoms with Crippen LogP contribution >= 0.6 is 11.6 Å². The summed E-state index contributed by atoms with van der Waals surface area (Å²) in [6, 6.07) is 9.70. The van der Waals surface area contributed by atoms with Crippen molar-refractivity contribution in [3.05, 3.63) is 34.9 Å². The van der Waals surface area contributed by atoms with Gasteiger partial charge in [0, 0.05) is 11.6 Å². The summed E-state index contributed by atoms with van der Waals surface area (Å²) in [6.45, 7) is 0.559. The van der Waals surface area contributed by atoms with Gasteiger partial charge in [0.1, 0.15) is 5.41 Å². The molecule has 0 heterocycles. The molecule has 0 saturated heterocycles. The second kappa shape index (κ2) is 5.41. The number of nitrogens with zero attached hydrogens (tertiary/aromatic N) is 1. The van der Waals surface area contributed by atoms with E-state index in [1.54, 1.807) is 0 Å². The lowest BCUT2D eigenvalue weighted by atomic mass is 9.69. The summed E-state index contributed by atoms with van der Waals surface area (Å²) in [4.78, 5) is 11.9. The number of carbonyl (C=O) groups excluding carboxylic acids is 1. The number of nitrogens with one attached hydrogen (secondary N) is 1. The maximum Gasteiger partial charge on any atom is 0.240 e. The number of rotatable bonds is 4. The highest BCUT2D eigenvalue weighted by molar-refractivity contribution is 6.30. The third-order valence-electron chi connectivity index (χ3n) is 3.47. The largest absolute Gasteiger partial charge is 0.354 e. The third kappa shape index (κ3) is 2.65. The number of benzene rings is 1. The Labute approximate surface area is 112 Å². The highest BCUT2D eigenvalue weighted by Crippen LogP contribution is 2.40. The molecule has 2 rings (SSSR count). The van der Waals surface area contributed by atoms with E-state index in [1.165, 1.54) is 0 Å². The van der Waals surface area contributed by atoms with Crippen LogP contribution in [0.3, 0.4) is 0 Å². The molecule has 0 atom stereocenters. The van der Waals surface area contributed by atoms with Gasteiger partial charge in [-0.05, 0) is 43.4 Å². The first-order valence-electron chi connectivity index (χ1n) is 6.10. The van der Waals surface area contributed by atoms with E-state index in [-0.39, 0.29) is 5.91 Å². The van der Waals surface area contributed by atoms with Crippen molar-refractivity contribution in [2.45, 2.75) is 25.7 Å². The molecule has 1 saturated carbocycles. The van der Waals surface area contributed by atoms with Gasteiger partial charge in [0.2, 0.25) is 5.91 Å². The van der Waals surface area contributed by atoms with Crippen LogP contribution in [0.1, 0.15) is 24.8 Å². The molecule has 1 aliphatic rings. The number of amides is 1. The molecule has 1 amide bonds. The summed E-state index contributed by atoms with van der Waals surface area (Å²) in [7, 11) is 0. The molecule has 0 unspecified atom stereocenters. The van der Waals surface area contributed by atoms with E-state index < -0.39 is 5.41 Å². The molecular formula is C14H15ClN2O. The van der Waals surface area contributed by atoms with Gasteiger partial charge < -0.3 is 5.32 Å². The Balaban J connectivity index is 1.80. The number of halogens is 1. The van der Waals surface area contributed by atoms with Crippen molar-refractivity contribution in [2.24, 2.45) is 5.41 Å². The van der Waals surface area contributed by atoms with Crippen molar-refractivity contribution in [1.82, 2.24) is 5.32 Å². The summed E-state index contributed by atoms with van der Waals surface area (Å²) < 4.78 is 0. The molecular weight excluding hydrogens is 248 g/mol. The Morgan fingerprint density at radius 2 is 2.06 bits per heavy atom. The van der Waals surface area contributed by atoms with E-state index in [4.69, 9.17) is 16.9 Å². The summed E-state index contributed by atoms with van der Waals surface area (Å²) in [5.41, 5.74) is 0.374. The van der Waals surface area contributed by atoms with Gasteiger partial charge >= 0.3 is 0 Å². The molecule has 18 heavy (non-hydrogen) atoms. The average Bonchev–Trinajstić information content (AvgIpc) is 2.31. The Hall–Kier alpha value is -1.53. The summed E-state index contributed by atoms with van der Waals surface area (Å²) in [5.74, 6) is -0.120. The van der Waals surface area contributed by atoms with Crippen molar-refractivity contribution in [3.8, 4) is 6.07 Å². The van der Waals surface area contributed by atoms with Gasteiger partial charge in [-0.15, -0.1) is 0 Å². The normalized spacial score (nSPS) is 16.4. The summed E-state index contributed by atoms with van der Waals surface area (Å²) in [5, 5.41) is 12.6. The van der Waals surface area contributed by atoms with Gasteiger partial charge in [-0.3, -0.25) is 4.79 Å². The maximum atomic E-state index is 11.9. The molecule has 0 radical (unpaired) electrons. The third-order valence-corrected chi connectivity index (χ3v) is 3.72. The zero-order valence-electron chi connectivity index (χ0n) is 10.1. The predicted molar refractivity (Wildman–Crippen MR) is 70.1 cm³/mol. The molecule has 4 heteroatoms. The number of nitriles is 1. The number of hydrogen-bond donors (Lipinski definition) is 1. The Morgan fingerprint density at radius 3 is 2.56 bits per heavy atom. The van der Waals surface area contributed by atoms with Gasteiger partial charge in [-0.1, -0.05) is 23.7 Å². The molecule has 1 aromatic carbocycles. The zero-order chi connectivity index (χ0) is 13.0. The molecule has 1 aromatic rings. The molecule has 1 aliphatic carbocycles. The topological polar surface area (TPSA) is 52.9 Å². The lowest BCUT2D eigenvalue weighted by molar-refractivity contribution is -0.131. The lowest BCUT2D eigenvalue weighted by Gasteiger charge is -2.33. The fourth-order valence-corrected chi connectivity index (χ4v) is 2.19. The standard InChI is InChI=1S/C14H15ClN2O/c15-12-4-2-11(3-5-12)6-9-17-13(18)14(10-16)7-1-8-14/h2-5H,1,6-9H2,(H,17,18). The molecule has 94 valence electrons. The summed E-state index contributed by atoms with van der Waals surface area (Å²) in [6.07, 6.45) is 3.11. The molecule has 3 nitrogen and oxygen atoms in total. The molecule has 1 N–H and O–H groups in total. The lowest BCUT2D eigenvalue weighted by Crippen LogP contribution is -2.45. The second-order valence-electron chi connectivity index (χ2n) is 4.68. The van der Waals surface area contributed by atoms with Crippen molar-refractivity contribution in [2.75, 3.05) is 6.54 Å². The van der Waals surface area contributed by atoms with Crippen LogP contribution in [-0.2, 0) is 11.2 Å². The van der Waals surface area contributed by atoms with E-state index in [2.05, 4.69) is 11.4 Å². The van der Waals surface area contributed by atoms with Crippen LogP contribution in [0.2, 0.25) is 5.02 Å². The van der Waals surface area contributed by atoms with E-state index in [9.17, 15) is 4.79 Å². The zero-order valence-corrected chi connectivity index (χ0v) is 10.8. The maximum absolute atomic E-state index is 11.9. The quantitative estimate of drug-likeness (QED) is 0.907. The highest BCUT2D eigenvalue weighted by Gasteiger charge is 2.44. The highest BCUT2D eigenvalue weighted by atomic mass is 35.5. The minimum atomic E-state index is -0.750. The Morgan fingerprint density at radius 1 is 1.39 bits per heavy atom. The first-order chi connectivity index (χ1) is 8.66. The van der Waals surface area contributed by atoms with Crippen LogP contribution in [-0.4, -0.2) is 12.5 Å². The Bertz CT molecular complexity index is 472. The SMILES string of the molecule is N#CC1(C(=O)NCCc2ccc(Cl)cc2)CCC1. The minimum Gasteiger partial charge on any atom is -0.354 e. The van der Waals surface area contributed by atoms with Crippen LogP contribution < -0.4 is 5.32 Å². The van der Waals surface area contributed by atoms with Crippen molar-refractivity contribution >= 4 is 17.5 Å². The Kier molecular flexibility index (Phi) is 3.88. The first kappa shape index (κ1) is 12.9. The predicted octanol–water partition coefficient (Wildman–Crippen LogP) is 2.69. The molecule has 0 aliphatic heterocycles. The average molecular weight is 263 g/mol. The van der Waals surface area contributed by atoms with Crippen LogP contribution in [0.5, 0.6) is 0 Å². The number of carbonyl (C=O) groups is 1. The number of hydrogen-bond acceptors (Lipinski definition) is 2. The minimum absolute atomic E-state index is 0.120. The fraction of sp³-hybridized carbons (Fsp3) is 0.429. The van der Waals surface area contributed by atoms with Gasteiger partial charge in [-0.2, -0.15) is 5.26 Å². The molecule has 0 aromatic heterocycles. The van der Waals surface area contributed by atoms with Crippen molar-refractivity contribution < 1.29 is 4.79 Å². The molecule has 0 spiro atoms. The smallest absolute Gasteiger partial charge is 0.240 e. The van der Waals surface area contributed by atoms with Crippen LogP contribution in [0, 0.1) is 16.7 Å².